The fraction of sp³-hybridized carbons (Fsp3) is 0.136. The molecule has 0 radical (unpaired) electrons. The zero-order valence-corrected chi connectivity index (χ0v) is 16.7. The standard InChI is InChI=1S/C22H19N7O2/c1-29-11-26-17-9-16(13-2-3-15-14(7-13)8-19(30)27-15)28-21(20(17)22(29)31)25-10-12-4-5-24-18(23)6-12/h2-7,9,11H,8,10H2,1H3,(H2,23,24)(H,25,28)(H,27,30). The molecule has 1 amide bonds. The molecular weight excluding hydrogens is 394 g/mol. The van der Waals surface area contributed by atoms with Crippen LogP contribution in [0.1, 0.15) is 11.1 Å². The molecule has 0 aliphatic carbocycles. The summed E-state index contributed by atoms with van der Waals surface area (Å²) in [6.07, 6.45) is 3.46. The number of amides is 1. The number of nitrogens with two attached hydrogens (primary N) is 1. The zero-order valence-electron chi connectivity index (χ0n) is 16.7. The molecule has 0 atom stereocenters. The molecular formula is C22H19N7O2. The van der Waals surface area contributed by atoms with E-state index in [-0.39, 0.29) is 11.5 Å². The van der Waals surface area contributed by atoms with E-state index in [0.29, 0.717) is 41.2 Å². The van der Waals surface area contributed by atoms with Crippen molar-refractivity contribution in [2.45, 2.75) is 13.0 Å². The largest absolute Gasteiger partial charge is 0.384 e. The molecule has 0 unspecified atom stereocenters. The van der Waals surface area contributed by atoms with Crippen molar-refractivity contribution in [2.24, 2.45) is 7.05 Å². The third-order valence-electron chi connectivity index (χ3n) is 5.23. The van der Waals surface area contributed by atoms with E-state index in [1.807, 2.05) is 24.3 Å². The summed E-state index contributed by atoms with van der Waals surface area (Å²) in [5.41, 5.74) is 10.3. The molecule has 0 spiro atoms. The van der Waals surface area contributed by atoms with Crippen molar-refractivity contribution in [3.63, 3.8) is 0 Å². The number of pyridine rings is 2. The van der Waals surface area contributed by atoms with Gasteiger partial charge in [-0.05, 0) is 41.5 Å². The molecule has 1 aliphatic rings. The minimum absolute atomic E-state index is 0.0252. The highest BCUT2D eigenvalue weighted by atomic mass is 16.1. The van der Waals surface area contributed by atoms with E-state index in [2.05, 4.69) is 20.6 Å². The summed E-state index contributed by atoms with van der Waals surface area (Å²) in [5, 5.41) is 6.50. The van der Waals surface area contributed by atoms with Gasteiger partial charge in [-0.2, -0.15) is 0 Å². The average molecular weight is 413 g/mol. The molecule has 9 heteroatoms. The molecule has 1 aromatic carbocycles. The number of benzene rings is 1. The molecule has 4 N–H and O–H groups in total. The zero-order chi connectivity index (χ0) is 21.5. The van der Waals surface area contributed by atoms with Crippen LogP contribution in [0, 0.1) is 0 Å². The molecule has 0 saturated carbocycles. The third-order valence-corrected chi connectivity index (χ3v) is 5.23. The average Bonchev–Trinajstić information content (AvgIpc) is 3.13. The number of aryl methyl sites for hydroxylation is 1. The van der Waals surface area contributed by atoms with Crippen LogP contribution in [0.25, 0.3) is 22.2 Å². The van der Waals surface area contributed by atoms with Gasteiger partial charge in [0.15, 0.2) is 0 Å². The first-order valence-corrected chi connectivity index (χ1v) is 9.72. The van der Waals surface area contributed by atoms with Gasteiger partial charge in [0.25, 0.3) is 5.56 Å². The van der Waals surface area contributed by atoms with Gasteiger partial charge in [-0.15, -0.1) is 0 Å². The molecule has 0 saturated heterocycles. The number of hydrogen-bond acceptors (Lipinski definition) is 7. The van der Waals surface area contributed by atoms with E-state index in [9.17, 15) is 9.59 Å². The number of carbonyl (C=O) groups is 1. The summed E-state index contributed by atoms with van der Waals surface area (Å²) in [5.74, 6) is 0.832. The van der Waals surface area contributed by atoms with Gasteiger partial charge in [-0.3, -0.25) is 9.59 Å². The second-order valence-electron chi connectivity index (χ2n) is 7.45. The van der Waals surface area contributed by atoms with Gasteiger partial charge >= 0.3 is 0 Å². The number of aromatic nitrogens is 4. The SMILES string of the molecule is Cn1cnc2cc(-c3ccc4c(c3)CC(=O)N4)nc(NCc3ccnc(N)c3)c2c1=O. The maximum Gasteiger partial charge on any atom is 0.264 e. The molecule has 9 nitrogen and oxygen atoms in total. The van der Waals surface area contributed by atoms with Crippen LogP contribution < -0.4 is 21.9 Å². The Kier molecular flexibility index (Phi) is 4.36. The summed E-state index contributed by atoms with van der Waals surface area (Å²) >= 11 is 0. The summed E-state index contributed by atoms with van der Waals surface area (Å²) in [4.78, 5) is 37.7. The lowest BCUT2D eigenvalue weighted by molar-refractivity contribution is -0.115. The van der Waals surface area contributed by atoms with Gasteiger partial charge in [0.2, 0.25) is 5.91 Å². The topological polar surface area (TPSA) is 128 Å². The van der Waals surface area contributed by atoms with E-state index >= 15 is 0 Å². The van der Waals surface area contributed by atoms with Crippen LogP contribution in [0.5, 0.6) is 0 Å². The van der Waals surface area contributed by atoms with Crippen molar-refractivity contribution in [1.82, 2.24) is 19.5 Å². The predicted octanol–water partition coefficient (Wildman–Crippen LogP) is 2.08. The Morgan fingerprint density at radius 3 is 2.87 bits per heavy atom. The number of rotatable bonds is 4. The quantitative estimate of drug-likeness (QED) is 0.467. The number of fused-ring (bicyclic) bond motifs is 2. The second-order valence-corrected chi connectivity index (χ2v) is 7.45. The maximum absolute atomic E-state index is 12.8. The lowest BCUT2D eigenvalue weighted by Crippen LogP contribution is -2.19. The monoisotopic (exact) mass is 413 g/mol. The van der Waals surface area contributed by atoms with Crippen LogP contribution in [-0.2, 0) is 24.8 Å². The van der Waals surface area contributed by atoms with Crippen LogP contribution in [0.15, 0.2) is 53.7 Å². The van der Waals surface area contributed by atoms with Crippen molar-refractivity contribution in [2.75, 3.05) is 16.4 Å². The summed E-state index contributed by atoms with van der Waals surface area (Å²) in [6, 6.07) is 11.1. The van der Waals surface area contributed by atoms with Crippen molar-refractivity contribution < 1.29 is 4.79 Å². The van der Waals surface area contributed by atoms with E-state index < -0.39 is 0 Å². The van der Waals surface area contributed by atoms with Gasteiger partial charge in [-0.1, -0.05) is 6.07 Å². The van der Waals surface area contributed by atoms with Gasteiger partial charge in [0.05, 0.1) is 24.0 Å². The molecule has 5 rings (SSSR count). The molecule has 0 fully saturated rings. The highest BCUT2D eigenvalue weighted by molar-refractivity contribution is 6.00. The summed E-state index contributed by atoms with van der Waals surface area (Å²) < 4.78 is 1.42. The second kappa shape index (κ2) is 7.21. The molecule has 0 bridgehead atoms. The van der Waals surface area contributed by atoms with E-state index in [4.69, 9.17) is 10.7 Å². The van der Waals surface area contributed by atoms with Crippen LogP contribution in [0.2, 0.25) is 0 Å². The predicted molar refractivity (Wildman–Crippen MR) is 119 cm³/mol. The molecule has 3 aromatic heterocycles. The summed E-state index contributed by atoms with van der Waals surface area (Å²) in [6.45, 7) is 0.416. The van der Waals surface area contributed by atoms with Crippen molar-refractivity contribution in [1.29, 1.82) is 0 Å². The maximum atomic E-state index is 12.8. The van der Waals surface area contributed by atoms with Crippen LogP contribution in [0.3, 0.4) is 0 Å². The highest BCUT2D eigenvalue weighted by Crippen LogP contribution is 2.30. The fourth-order valence-electron chi connectivity index (χ4n) is 3.68. The first kappa shape index (κ1) is 18.7. The molecule has 31 heavy (non-hydrogen) atoms. The number of anilines is 3. The molecule has 4 heterocycles. The Morgan fingerprint density at radius 2 is 2.03 bits per heavy atom. The highest BCUT2D eigenvalue weighted by Gasteiger charge is 2.19. The number of nitrogen functional groups attached to an aromatic ring is 1. The minimum atomic E-state index is -0.190. The van der Waals surface area contributed by atoms with E-state index in [0.717, 1.165) is 22.4 Å². The molecule has 4 aromatic rings. The first-order chi connectivity index (χ1) is 15.0. The van der Waals surface area contributed by atoms with Gasteiger partial charge < -0.3 is 20.9 Å². The normalized spacial score (nSPS) is 12.6. The minimum Gasteiger partial charge on any atom is -0.384 e. The van der Waals surface area contributed by atoms with Gasteiger partial charge in [-0.25, -0.2) is 15.0 Å². The van der Waals surface area contributed by atoms with Crippen LogP contribution in [-0.4, -0.2) is 25.4 Å². The number of hydrogen-bond donors (Lipinski definition) is 3. The third kappa shape index (κ3) is 3.46. The van der Waals surface area contributed by atoms with Crippen molar-refractivity contribution >= 4 is 34.1 Å². The van der Waals surface area contributed by atoms with Crippen LogP contribution in [0.4, 0.5) is 17.3 Å². The molecule has 154 valence electrons. The number of nitrogens with one attached hydrogen (secondary N) is 2. The lowest BCUT2D eigenvalue weighted by Gasteiger charge is -2.12. The number of nitrogens with zero attached hydrogens (tertiary/aromatic N) is 4. The van der Waals surface area contributed by atoms with E-state index in [1.165, 1.54) is 10.9 Å². The van der Waals surface area contributed by atoms with Gasteiger partial charge in [0, 0.05) is 31.0 Å². The smallest absolute Gasteiger partial charge is 0.264 e. The Morgan fingerprint density at radius 1 is 1.16 bits per heavy atom. The summed E-state index contributed by atoms with van der Waals surface area (Å²) in [7, 11) is 1.65. The van der Waals surface area contributed by atoms with Crippen molar-refractivity contribution in [3.05, 3.63) is 70.4 Å². The Balaban J connectivity index is 1.61. The lowest BCUT2D eigenvalue weighted by atomic mass is 10.0. The Labute approximate surface area is 177 Å². The van der Waals surface area contributed by atoms with Gasteiger partial charge in [0.1, 0.15) is 17.0 Å². The fourth-order valence-corrected chi connectivity index (χ4v) is 3.68. The first-order valence-electron chi connectivity index (χ1n) is 9.72. The van der Waals surface area contributed by atoms with Crippen LogP contribution >= 0.6 is 0 Å². The van der Waals surface area contributed by atoms with E-state index in [1.54, 1.807) is 25.4 Å². The van der Waals surface area contributed by atoms with Crippen molar-refractivity contribution in [3.8, 4) is 11.3 Å². The Hall–Kier alpha value is -4.27. The number of carbonyl (C=O) groups excluding carboxylic acids is 1. The molecule has 1 aliphatic heterocycles. The Bertz CT molecular complexity index is 1410.